The number of hydrogen-bond acceptors (Lipinski definition) is 2. The zero-order valence-electron chi connectivity index (χ0n) is 14.0. The van der Waals surface area contributed by atoms with Gasteiger partial charge in [0.1, 0.15) is 0 Å². The first-order chi connectivity index (χ1) is 10.6. The largest absolute Gasteiger partial charge is 0.394 e. The van der Waals surface area contributed by atoms with Gasteiger partial charge in [-0.3, -0.25) is 0 Å². The van der Waals surface area contributed by atoms with E-state index in [1.165, 1.54) is 27.4 Å². The molecular formula is C19H25ClN2O. The predicted molar refractivity (Wildman–Crippen MR) is 100 cm³/mol. The average molecular weight is 333 g/mol. The summed E-state index contributed by atoms with van der Waals surface area (Å²) in [4.78, 5) is 0. The van der Waals surface area contributed by atoms with Crippen molar-refractivity contribution in [2.45, 2.75) is 39.4 Å². The molecule has 1 aromatic heterocycles. The maximum absolute atomic E-state index is 9.35. The van der Waals surface area contributed by atoms with Crippen molar-refractivity contribution in [1.82, 2.24) is 9.88 Å². The van der Waals surface area contributed by atoms with E-state index in [2.05, 4.69) is 59.3 Å². The van der Waals surface area contributed by atoms with Crippen LogP contribution in [0.5, 0.6) is 0 Å². The molecule has 0 amide bonds. The van der Waals surface area contributed by atoms with Crippen LogP contribution in [0.2, 0.25) is 0 Å². The SMILES string of the molecule is CCn1c2ccccc2c2cc(CNC(C)(C)CO)ccc21.Cl. The maximum atomic E-state index is 9.35. The number of nitrogens with zero attached hydrogens (tertiary/aromatic N) is 1. The quantitative estimate of drug-likeness (QED) is 0.738. The first kappa shape index (κ1) is 17.8. The van der Waals surface area contributed by atoms with E-state index in [1.54, 1.807) is 0 Å². The van der Waals surface area contributed by atoms with Crippen LogP contribution in [0.1, 0.15) is 26.3 Å². The second-order valence-corrected chi connectivity index (χ2v) is 6.51. The van der Waals surface area contributed by atoms with E-state index in [0.717, 1.165) is 13.1 Å². The monoisotopic (exact) mass is 332 g/mol. The van der Waals surface area contributed by atoms with E-state index in [4.69, 9.17) is 0 Å². The number of para-hydroxylation sites is 1. The second-order valence-electron chi connectivity index (χ2n) is 6.51. The number of fused-ring (bicyclic) bond motifs is 3. The molecule has 0 unspecified atom stereocenters. The van der Waals surface area contributed by atoms with Crippen LogP contribution in [0.4, 0.5) is 0 Å². The fourth-order valence-corrected chi connectivity index (χ4v) is 2.95. The third kappa shape index (κ3) is 3.37. The summed E-state index contributed by atoms with van der Waals surface area (Å²) in [6.45, 7) is 8.06. The standard InChI is InChI=1S/C19H24N2O.ClH/c1-4-21-17-8-6-5-7-15(17)16-11-14(9-10-18(16)21)12-20-19(2,3)13-22;/h5-11,20,22H,4,12-13H2,1-3H3;1H. The highest BCUT2D eigenvalue weighted by atomic mass is 35.5. The van der Waals surface area contributed by atoms with Crippen LogP contribution in [-0.2, 0) is 13.1 Å². The lowest BCUT2D eigenvalue weighted by Crippen LogP contribution is -2.42. The molecule has 3 aromatic rings. The molecule has 4 heteroatoms. The highest BCUT2D eigenvalue weighted by molar-refractivity contribution is 6.08. The summed E-state index contributed by atoms with van der Waals surface area (Å²) in [7, 11) is 0. The molecule has 0 spiro atoms. The Morgan fingerprint density at radius 2 is 1.74 bits per heavy atom. The molecule has 1 heterocycles. The summed E-state index contributed by atoms with van der Waals surface area (Å²) in [5.41, 5.74) is 3.56. The molecule has 0 aliphatic heterocycles. The van der Waals surface area contributed by atoms with Gasteiger partial charge in [0.15, 0.2) is 0 Å². The van der Waals surface area contributed by atoms with Crippen LogP contribution in [0.25, 0.3) is 21.8 Å². The van der Waals surface area contributed by atoms with Gasteiger partial charge in [-0.15, -0.1) is 12.4 Å². The zero-order valence-corrected chi connectivity index (χ0v) is 14.8. The minimum Gasteiger partial charge on any atom is -0.394 e. The molecule has 2 aromatic carbocycles. The number of aromatic nitrogens is 1. The van der Waals surface area contributed by atoms with Gasteiger partial charge in [-0.25, -0.2) is 0 Å². The van der Waals surface area contributed by atoms with E-state index in [-0.39, 0.29) is 24.6 Å². The van der Waals surface area contributed by atoms with E-state index in [0.29, 0.717) is 0 Å². The van der Waals surface area contributed by atoms with Crippen LogP contribution in [0.3, 0.4) is 0 Å². The Kier molecular flexibility index (Phi) is 5.35. The van der Waals surface area contributed by atoms with Crippen molar-refractivity contribution in [3.05, 3.63) is 48.0 Å². The smallest absolute Gasteiger partial charge is 0.0607 e. The normalized spacial score (nSPS) is 11.8. The van der Waals surface area contributed by atoms with Gasteiger partial charge >= 0.3 is 0 Å². The lowest BCUT2D eigenvalue weighted by atomic mass is 10.1. The number of halogens is 1. The molecule has 2 N–H and O–H groups in total. The topological polar surface area (TPSA) is 37.2 Å². The number of aliphatic hydroxyl groups is 1. The van der Waals surface area contributed by atoms with Gasteiger partial charge in [-0.1, -0.05) is 24.3 Å². The van der Waals surface area contributed by atoms with Crippen molar-refractivity contribution in [2.24, 2.45) is 0 Å². The highest BCUT2D eigenvalue weighted by Crippen LogP contribution is 2.29. The summed E-state index contributed by atoms with van der Waals surface area (Å²) >= 11 is 0. The first-order valence-electron chi connectivity index (χ1n) is 7.91. The Labute approximate surface area is 143 Å². The van der Waals surface area contributed by atoms with Gasteiger partial charge in [0.2, 0.25) is 0 Å². The molecule has 0 bridgehead atoms. The third-order valence-corrected chi connectivity index (χ3v) is 4.32. The maximum Gasteiger partial charge on any atom is 0.0607 e. The lowest BCUT2D eigenvalue weighted by Gasteiger charge is -2.23. The predicted octanol–water partition coefficient (Wildman–Crippen LogP) is 4.10. The summed E-state index contributed by atoms with van der Waals surface area (Å²) < 4.78 is 2.36. The van der Waals surface area contributed by atoms with Crippen LogP contribution in [-0.4, -0.2) is 21.8 Å². The minimum absolute atomic E-state index is 0. The molecule has 0 aliphatic rings. The Morgan fingerprint density at radius 1 is 1.04 bits per heavy atom. The summed E-state index contributed by atoms with van der Waals surface area (Å²) in [5.74, 6) is 0. The number of aryl methyl sites for hydroxylation is 1. The van der Waals surface area contributed by atoms with Gasteiger partial charge < -0.3 is 15.0 Å². The minimum atomic E-state index is -0.258. The molecule has 0 fully saturated rings. The average Bonchev–Trinajstić information content (AvgIpc) is 2.86. The van der Waals surface area contributed by atoms with Crippen molar-refractivity contribution in [1.29, 1.82) is 0 Å². The van der Waals surface area contributed by atoms with Crippen LogP contribution < -0.4 is 5.32 Å². The zero-order chi connectivity index (χ0) is 15.7. The van der Waals surface area contributed by atoms with Crippen molar-refractivity contribution in [2.75, 3.05) is 6.61 Å². The lowest BCUT2D eigenvalue weighted by molar-refractivity contribution is 0.187. The molecule has 0 aliphatic carbocycles. The molecule has 0 atom stereocenters. The second kappa shape index (κ2) is 6.91. The van der Waals surface area contributed by atoms with E-state index < -0.39 is 0 Å². The van der Waals surface area contributed by atoms with Crippen molar-refractivity contribution in [3.8, 4) is 0 Å². The number of benzene rings is 2. The van der Waals surface area contributed by atoms with Gasteiger partial charge in [0.25, 0.3) is 0 Å². The molecule has 0 saturated heterocycles. The first-order valence-corrected chi connectivity index (χ1v) is 7.91. The van der Waals surface area contributed by atoms with Gasteiger partial charge in [0.05, 0.1) is 6.61 Å². The van der Waals surface area contributed by atoms with Gasteiger partial charge in [0, 0.05) is 40.4 Å². The van der Waals surface area contributed by atoms with Crippen LogP contribution in [0.15, 0.2) is 42.5 Å². The molecule has 3 rings (SSSR count). The van der Waals surface area contributed by atoms with Crippen LogP contribution in [0, 0.1) is 0 Å². The summed E-state index contributed by atoms with van der Waals surface area (Å²) in [6, 6.07) is 15.2. The Morgan fingerprint density at radius 3 is 2.43 bits per heavy atom. The molecule has 0 saturated carbocycles. The fourth-order valence-electron chi connectivity index (χ4n) is 2.95. The molecule has 3 nitrogen and oxygen atoms in total. The molecule has 124 valence electrons. The van der Waals surface area contributed by atoms with Crippen molar-refractivity contribution >= 4 is 34.2 Å². The summed E-state index contributed by atoms with van der Waals surface area (Å²) in [6.07, 6.45) is 0. The van der Waals surface area contributed by atoms with Crippen molar-refractivity contribution < 1.29 is 5.11 Å². The number of rotatable bonds is 5. The van der Waals surface area contributed by atoms with Gasteiger partial charge in [-0.2, -0.15) is 0 Å². The summed E-state index contributed by atoms with van der Waals surface area (Å²) in [5, 5.41) is 15.4. The molecular weight excluding hydrogens is 308 g/mol. The van der Waals surface area contributed by atoms with E-state index >= 15 is 0 Å². The van der Waals surface area contributed by atoms with Crippen molar-refractivity contribution in [3.63, 3.8) is 0 Å². The molecule has 23 heavy (non-hydrogen) atoms. The van der Waals surface area contributed by atoms with E-state index in [1.807, 2.05) is 13.8 Å². The Bertz CT molecular complexity index is 808. The molecule has 0 radical (unpaired) electrons. The number of nitrogens with one attached hydrogen (secondary N) is 1. The number of hydrogen-bond donors (Lipinski definition) is 2. The third-order valence-electron chi connectivity index (χ3n) is 4.32. The fraction of sp³-hybridized carbons (Fsp3) is 0.368. The highest BCUT2D eigenvalue weighted by Gasteiger charge is 2.15. The Hall–Kier alpha value is -1.55. The Balaban J connectivity index is 0.00000192. The number of aliphatic hydroxyl groups excluding tert-OH is 1. The van der Waals surface area contributed by atoms with Crippen LogP contribution >= 0.6 is 12.4 Å². The van der Waals surface area contributed by atoms with E-state index in [9.17, 15) is 5.11 Å². The van der Waals surface area contributed by atoms with Gasteiger partial charge in [-0.05, 0) is 44.5 Å².